The summed E-state index contributed by atoms with van der Waals surface area (Å²) in [5.74, 6) is 9.60. The number of aliphatic hydroxyl groups is 1. The van der Waals surface area contributed by atoms with E-state index in [0.29, 0.717) is 5.69 Å². The fraction of sp³-hybridized carbons (Fsp3) is 0.368. The molecule has 0 saturated heterocycles. The number of rotatable bonds is 3. The van der Waals surface area contributed by atoms with Gasteiger partial charge >= 0.3 is 0 Å². The Morgan fingerprint density at radius 2 is 1.83 bits per heavy atom. The van der Waals surface area contributed by atoms with Crippen molar-refractivity contribution in [2.45, 2.75) is 38.9 Å². The molecule has 0 saturated carbocycles. The second-order valence-corrected chi connectivity index (χ2v) is 11.2. The molecule has 0 bridgehead atoms. The van der Waals surface area contributed by atoms with E-state index in [9.17, 15) is 0 Å². The smallest absolute Gasteiger partial charge is 0.151 e. The highest BCUT2D eigenvalue weighted by Crippen LogP contribution is 2.17. The van der Waals surface area contributed by atoms with E-state index in [2.05, 4.69) is 53.1 Å². The Hall–Kier alpha value is -2.14. The number of fused-ring (bicyclic) bond motifs is 1. The third-order valence-electron chi connectivity index (χ3n) is 3.15. The third-order valence-corrected chi connectivity index (χ3v) is 4.02. The minimum absolute atomic E-state index is 0.217. The predicted molar refractivity (Wildman–Crippen MR) is 97.6 cm³/mol. The minimum atomic E-state index is -1.48. The molecule has 0 aliphatic carbocycles. The molecule has 1 N–H and O–H groups in total. The molecule has 2 rings (SSSR count). The highest BCUT2D eigenvalue weighted by atomic mass is 28.3. The van der Waals surface area contributed by atoms with Crippen LogP contribution in [0, 0.1) is 23.3 Å². The predicted octanol–water partition coefficient (Wildman–Crippen LogP) is 3.37. The molecule has 0 aliphatic rings. The normalized spacial score (nSPS) is 10.6. The first-order chi connectivity index (χ1) is 11.0. The Labute approximate surface area is 139 Å². The molecule has 0 fully saturated rings. The average Bonchev–Trinajstić information content (AvgIpc) is 2.52. The molecule has 0 atom stereocenters. The van der Waals surface area contributed by atoms with Gasteiger partial charge in [-0.3, -0.25) is 0 Å². The topological polar surface area (TPSA) is 46.0 Å². The van der Waals surface area contributed by atoms with Crippen molar-refractivity contribution in [3.05, 3.63) is 35.5 Å². The molecule has 0 spiro atoms. The molecule has 0 aliphatic heterocycles. The van der Waals surface area contributed by atoms with Crippen LogP contribution >= 0.6 is 0 Å². The second kappa shape index (κ2) is 7.92. The van der Waals surface area contributed by atoms with Gasteiger partial charge in [0.1, 0.15) is 8.07 Å². The van der Waals surface area contributed by atoms with E-state index in [1.165, 1.54) is 0 Å². The Morgan fingerprint density at radius 1 is 1.04 bits per heavy atom. The van der Waals surface area contributed by atoms with Crippen molar-refractivity contribution in [2.75, 3.05) is 6.61 Å². The average molecular weight is 322 g/mol. The van der Waals surface area contributed by atoms with Gasteiger partial charge in [-0.1, -0.05) is 55.6 Å². The Bertz CT molecular complexity index is 801. The van der Waals surface area contributed by atoms with Gasteiger partial charge in [-0.2, -0.15) is 0 Å². The van der Waals surface area contributed by atoms with Crippen molar-refractivity contribution in [1.29, 1.82) is 0 Å². The van der Waals surface area contributed by atoms with Gasteiger partial charge in [0.25, 0.3) is 0 Å². The molecule has 118 valence electrons. The van der Waals surface area contributed by atoms with Crippen molar-refractivity contribution >= 4 is 19.0 Å². The fourth-order valence-electron chi connectivity index (χ4n) is 1.99. The Kier molecular flexibility index (Phi) is 5.93. The van der Waals surface area contributed by atoms with Crippen LogP contribution in [-0.2, 0) is 0 Å². The Morgan fingerprint density at radius 3 is 2.57 bits per heavy atom. The molecular formula is C19H22N2OSi. The summed E-state index contributed by atoms with van der Waals surface area (Å²) in [5, 5.41) is 18.4. The zero-order valence-electron chi connectivity index (χ0n) is 14.0. The Balaban J connectivity index is 2.45. The highest BCUT2D eigenvalue weighted by molar-refractivity contribution is 6.83. The van der Waals surface area contributed by atoms with Crippen LogP contribution in [0.5, 0.6) is 0 Å². The van der Waals surface area contributed by atoms with Crippen LogP contribution in [0.2, 0.25) is 19.6 Å². The largest absolute Gasteiger partial charge is 0.396 e. The van der Waals surface area contributed by atoms with E-state index in [-0.39, 0.29) is 6.61 Å². The molecule has 1 heterocycles. The van der Waals surface area contributed by atoms with Crippen LogP contribution in [0.3, 0.4) is 0 Å². The van der Waals surface area contributed by atoms with Crippen LogP contribution < -0.4 is 0 Å². The van der Waals surface area contributed by atoms with Gasteiger partial charge in [0.15, 0.2) is 5.69 Å². The summed E-state index contributed by atoms with van der Waals surface area (Å²) in [5.41, 5.74) is 5.71. The molecule has 0 radical (unpaired) electrons. The molecule has 0 amide bonds. The van der Waals surface area contributed by atoms with E-state index in [0.717, 1.165) is 35.7 Å². The second-order valence-electron chi connectivity index (χ2n) is 6.42. The number of aliphatic hydroxyl groups excluding tert-OH is 1. The zero-order valence-corrected chi connectivity index (χ0v) is 15.0. The molecular weight excluding hydrogens is 300 g/mol. The maximum Gasteiger partial charge on any atom is 0.151 e. The van der Waals surface area contributed by atoms with E-state index in [1.807, 2.05) is 24.3 Å². The van der Waals surface area contributed by atoms with Crippen LogP contribution in [0.1, 0.15) is 30.5 Å². The van der Waals surface area contributed by atoms with Gasteiger partial charge in [0.05, 0.1) is 11.1 Å². The summed E-state index contributed by atoms with van der Waals surface area (Å²) < 4.78 is 0. The van der Waals surface area contributed by atoms with Crippen LogP contribution in [0.25, 0.3) is 10.9 Å². The van der Waals surface area contributed by atoms with E-state index < -0.39 is 8.07 Å². The van der Waals surface area contributed by atoms with Gasteiger partial charge in [0, 0.05) is 18.4 Å². The monoisotopic (exact) mass is 322 g/mol. The number of benzene rings is 1. The van der Waals surface area contributed by atoms with Gasteiger partial charge in [-0.05, 0) is 18.9 Å². The number of nitrogens with zero attached hydrogens (tertiary/aromatic N) is 2. The zero-order chi connectivity index (χ0) is 16.7. The molecule has 1 aromatic carbocycles. The van der Waals surface area contributed by atoms with Crippen molar-refractivity contribution in [3.63, 3.8) is 0 Å². The minimum Gasteiger partial charge on any atom is -0.396 e. The van der Waals surface area contributed by atoms with Crippen LogP contribution in [0.4, 0.5) is 0 Å². The van der Waals surface area contributed by atoms with Gasteiger partial charge < -0.3 is 5.11 Å². The quantitative estimate of drug-likeness (QED) is 0.535. The van der Waals surface area contributed by atoms with Gasteiger partial charge in [0.2, 0.25) is 0 Å². The van der Waals surface area contributed by atoms with Crippen LogP contribution in [0.15, 0.2) is 24.3 Å². The van der Waals surface area contributed by atoms with E-state index >= 15 is 0 Å². The first-order valence-electron chi connectivity index (χ1n) is 7.89. The lowest BCUT2D eigenvalue weighted by Crippen LogP contribution is -2.16. The summed E-state index contributed by atoms with van der Waals surface area (Å²) in [6, 6.07) is 7.88. The molecule has 23 heavy (non-hydrogen) atoms. The maximum atomic E-state index is 8.83. The van der Waals surface area contributed by atoms with Crippen LogP contribution in [-0.4, -0.2) is 30.0 Å². The number of hydrogen-bond acceptors (Lipinski definition) is 3. The standard InChI is InChI=1S/C19H22N2OSi/c1-23(2,3)15-13-19-17(10-6-4-5-9-14-22)16-11-7-8-12-18(16)20-21-19/h7-8,11-12,22H,4-5,9,14H2,1-3H3. The lowest BCUT2D eigenvalue weighted by molar-refractivity contribution is 0.285. The summed E-state index contributed by atoms with van der Waals surface area (Å²) in [4.78, 5) is 0. The molecule has 0 unspecified atom stereocenters. The third kappa shape index (κ3) is 5.21. The summed E-state index contributed by atoms with van der Waals surface area (Å²) in [7, 11) is -1.48. The first-order valence-corrected chi connectivity index (χ1v) is 11.4. The van der Waals surface area contributed by atoms with Crippen molar-refractivity contribution in [1.82, 2.24) is 10.2 Å². The molecule has 1 aromatic heterocycles. The summed E-state index contributed by atoms with van der Waals surface area (Å²) in [6.45, 7) is 6.83. The first kappa shape index (κ1) is 17.2. The molecule has 3 nitrogen and oxygen atoms in total. The molecule has 4 heteroatoms. The molecule has 2 aromatic rings. The fourth-order valence-corrected chi connectivity index (χ4v) is 2.48. The number of aromatic nitrogens is 2. The van der Waals surface area contributed by atoms with E-state index in [4.69, 9.17) is 5.11 Å². The van der Waals surface area contributed by atoms with Crippen molar-refractivity contribution in [2.24, 2.45) is 0 Å². The summed E-state index contributed by atoms with van der Waals surface area (Å²) in [6.07, 6.45) is 2.44. The number of hydrogen-bond donors (Lipinski definition) is 1. The van der Waals surface area contributed by atoms with Crippen molar-refractivity contribution in [3.8, 4) is 23.3 Å². The van der Waals surface area contributed by atoms with E-state index in [1.54, 1.807) is 0 Å². The number of unbranched alkanes of at least 4 members (excludes halogenated alkanes) is 2. The SMILES string of the molecule is C[Si](C)(C)C#Cc1nnc2ccccc2c1C#CCCCCO. The van der Waals surface area contributed by atoms with Gasteiger partial charge in [-0.15, -0.1) is 15.7 Å². The lowest BCUT2D eigenvalue weighted by Gasteiger charge is -2.05. The summed E-state index contributed by atoms with van der Waals surface area (Å²) >= 11 is 0. The van der Waals surface area contributed by atoms with Crippen molar-refractivity contribution < 1.29 is 5.11 Å². The maximum absolute atomic E-state index is 8.83. The van der Waals surface area contributed by atoms with Gasteiger partial charge in [-0.25, -0.2) is 0 Å². The highest BCUT2D eigenvalue weighted by Gasteiger charge is 2.10. The lowest BCUT2D eigenvalue weighted by atomic mass is 10.1.